The molecule has 1 atom stereocenters. The number of hydrogen-bond acceptors (Lipinski definition) is 3. The zero-order valence-corrected chi connectivity index (χ0v) is 12.6. The maximum atomic E-state index is 12.5. The van der Waals surface area contributed by atoms with E-state index in [2.05, 4.69) is 12.2 Å². The third kappa shape index (κ3) is 2.86. The Bertz CT molecular complexity index is 437. The predicted molar refractivity (Wildman–Crippen MR) is 76.0 cm³/mol. The molecule has 0 aromatic rings. The highest BCUT2D eigenvalue weighted by molar-refractivity contribution is 5.83. The Kier molecular flexibility index (Phi) is 3.59. The van der Waals surface area contributed by atoms with Crippen LogP contribution in [-0.4, -0.2) is 53.8 Å². The third-order valence-corrected chi connectivity index (χ3v) is 5.56. The molecule has 1 aliphatic carbocycles. The lowest BCUT2D eigenvalue weighted by Gasteiger charge is -2.35. The highest BCUT2D eigenvalue weighted by atomic mass is 16.5. The second kappa shape index (κ2) is 5.16. The van der Waals surface area contributed by atoms with Crippen LogP contribution >= 0.6 is 0 Å². The van der Waals surface area contributed by atoms with Crippen molar-refractivity contribution >= 4 is 12.0 Å². The van der Waals surface area contributed by atoms with Gasteiger partial charge in [-0.1, -0.05) is 0 Å². The summed E-state index contributed by atoms with van der Waals surface area (Å²) in [5.74, 6) is 0.233. The van der Waals surface area contributed by atoms with Crippen molar-refractivity contribution in [3.63, 3.8) is 0 Å². The molecule has 2 heterocycles. The van der Waals surface area contributed by atoms with Gasteiger partial charge >= 0.3 is 6.09 Å². The molecule has 3 aliphatic rings. The summed E-state index contributed by atoms with van der Waals surface area (Å²) in [5.41, 5.74) is -0.0710. The molecule has 1 saturated carbocycles. The fourth-order valence-corrected chi connectivity index (χ4v) is 3.75. The zero-order chi connectivity index (χ0) is 15.1. The van der Waals surface area contributed by atoms with Crippen molar-refractivity contribution in [1.82, 2.24) is 10.2 Å². The number of ether oxygens (including phenoxy) is 1. The summed E-state index contributed by atoms with van der Waals surface area (Å²) in [7, 11) is 0. The molecule has 6 nitrogen and oxygen atoms in total. The molecule has 2 N–H and O–H groups in total. The normalized spacial score (nSPS) is 30.0. The molecule has 2 aliphatic heterocycles. The molecule has 2 saturated heterocycles. The minimum Gasteiger partial charge on any atom is -0.465 e. The number of nitrogens with one attached hydrogen (secondary N) is 1. The van der Waals surface area contributed by atoms with E-state index in [4.69, 9.17) is 9.84 Å². The lowest BCUT2D eigenvalue weighted by molar-refractivity contribution is -0.126. The van der Waals surface area contributed by atoms with Crippen LogP contribution in [0.5, 0.6) is 0 Å². The van der Waals surface area contributed by atoms with Gasteiger partial charge in [0, 0.05) is 37.8 Å². The zero-order valence-electron chi connectivity index (χ0n) is 12.6. The van der Waals surface area contributed by atoms with Crippen LogP contribution in [0.3, 0.4) is 0 Å². The molecule has 0 bridgehead atoms. The average Bonchev–Trinajstić information content (AvgIpc) is 3.13. The SMILES string of the molecule is CC1(NC(=O)[C@H]2CC23CCN(C(=O)O)CC3)CCOCC1. The smallest absolute Gasteiger partial charge is 0.407 e. The third-order valence-electron chi connectivity index (χ3n) is 5.56. The first kappa shape index (κ1) is 14.6. The van der Waals surface area contributed by atoms with Crippen LogP contribution in [0.2, 0.25) is 0 Å². The fourth-order valence-electron chi connectivity index (χ4n) is 3.75. The van der Waals surface area contributed by atoms with E-state index in [1.807, 2.05) is 0 Å². The van der Waals surface area contributed by atoms with E-state index in [1.54, 1.807) is 0 Å². The lowest BCUT2D eigenvalue weighted by Crippen LogP contribution is -2.50. The molecular weight excluding hydrogens is 272 g/mol. The first-order valence-electron chi connectivity index (χ1n) is 7.82. The second-order valence-electron chi connectivity index (χ2n) is 7.05. The maximum absolute atomic E-state index is 12.5. The standard InChI is InChI=1S/C15H24N2O4/c1-14(4-8-21-9-5-14)16-12(18)11-10-15(11)2-6-17(7-3-15)13(19)20/h11H,2-10H2,1H3,(H,16,18)(H,19,20)/t11-/m1/s1. The molecule has 0 unspecified atom stereocenters. The number of carboxylic acid groups (broad SMARTS) is 1. The molecule has 3 fully saturated rings. The number of hydrogen-bond donors (Lipinski definition) is 2. The van der Waals surface area contributed by atoms with E-state index in [0.29, 0.717) is 26.3 Å². The molecule has 6 heteroatoms. The van der Waals surface area contributed by atoms with Crippen LogP contribution in [0.4, 0.5) is 4.79 Å². The minimum atomic E-state index is -0.846. The maximum Gasteiger partial charge on any atom is 0.407 e. The van der Waals surface area contributed by atoms with Gasteiger partial charge in [0.2, 0.25) is 5.91 Å². The number of rotatable bonds is 2. The Balaban J connectivity index is 1.53. The number of carbonyl (C=O) groups is 2. The van der Waals surface area contributed by atoms with Crippen LogP contribution in [0.25, 0.3) is 0 Å². The van der Waals surface area contributed by atoms with Crippen LogP contribution < -0.4 is 5.32 Å². The largest absolute Gasteiger partial charge is 0.465 e. The summed E-state index contributed by atoms with van der Waals surface area (Å²) < 4.78 is 5.35. The van der Waals surface area contributed by atoms with Crippen LogP contribution in [0.15, 0.2) is 0 Å². The van der Waals surface area contributed by atoms with Gasteiger partial charge in [-0.2, -0.15) is 0 Å². The second-order valence-corrected chi connectivity index (χ2v) is 7.05. The number of nitrogens with zero attached hydrogens (tertiary/aromatic N) is 1. The average molecular weight is 296 g/mol. The minimum absolute atomic E-state index is 0.0670. The van der Waals surface area contributed by atoms with E-state index in [1.165, 1.54) is 4.90 Å². The summed E-state index contributed by atoms with van der Waals surface area (Å²) in [4.78, 5) is 24.9. The van der Waals surface area contributed by atoms with E-state index in [0.717, 1.165) is 32.1 Å². The van der Waals surface area contributed by atoms with Gasteiger partial charge in [-0.15, -0.1) is 0 Å². The molecule has 3 rings (SSSR count). The van der Waals surface area contributed by atoms with Gasteiger partial charge in [-0.25, -0.2) is 4.79 Å². The number of carbonyl (C=O) groups excluding carboxylic acids is 1. The van der Waals surface area contributed by atoms with Crippen molar-refractivity contribution in [3.05, 3.63) is 0 Å². The summed E-state index contributed by atoms with van der Waals surface area (Å²) >= 11 is 0. The molecule has 0 radical (unpaired) electrons. The Labute approximate surface area is 124 Å². The van der Waals surface area contributed by atoms with Crippen molar-refractivity contribution in [2.24, 2.45) is 11.3 Å². The monoisotopic (exact) mass is 296 g/mol. The van der Waals surface area contributed by atoms with Crippen LogP contribution in [0.1, 0.15) is 39.0 Å². The Hall–Kier alpha value is -1.30. The first-order valence-corrected chi connectivity index (χ1v) is 7.82. The van der Waals surface area contributed by atoms with Crippen molar-refractivity contribution in [2.75, 3.05) is 26.3 Å². The molecule has 21 heavy (non-hydrogen) atoms. The summed E-state index contributed by atoms with van der Waals surface area (Å²) in [6.07, 6.45) is 3.44. The van der Waals surface area contributed by atoms with Gasteiger partial charge < -0.3 is 20.1 Å². The van der Waals surface area contributed by atoms with E-state index >= 15 is 0 Å². The van der Waals surface area contributed by atoms with Crippen molar-refractivity contribution < 1.29 is 19.4 Å². The van der Waals surface area contributed by atoms with Gasteiger partial charge in [0.15, 0.2) is 0 Å². The molecule has 2 amide bonds. The van der Waals surface area contributed by atoms with Gasteiger partial charge in [0.25, 0.3) is 0 Å². The summed E-state index contributed by atoms with van der Waals surface area (Å²) in [5, 5.41) is 12.2. The molecule has 1 spiro atoms. The predicted octanol–water partition coefficient (Wildman–Crippen LogP) is 1.45. The molecule has 0 aromatic heterocycles. The summed E-state index contributed by atoms with van der Waals surface area (Å²) in [6.45, 7) is 4.63. The van der Waals surface area contributed by atoms with Crippen LogP contribution in [-0.2, 0) is 9.53 Å². The Morgan fingerprint density at radius 2 is 1.81 bits per heavy atom. The van der Waals surface area contributed by atoms with E-state index < -0.39 is 6.09 Å². The van der Waals surface area contributed by atoms with E-state index in [9.17, 15) is 9.59 Å². The highest BCUT2D eigenvalue weighted by Crippen LogP contribution is 2.59. The van der Waals surface area contributed by atoms with Crippen LogP contribution in [0, 0.1) is 11.3 Å². The van der Waals surface area contributed by atoms with Crippen molar-refractivity contribution in [3.8, 4) is 0 Å². The van der Waals surface area contributed by atoms with Gasteiger partial charge in [0.1, 0.15) is 0 Å². The molecule has 0 aromatic carbocycles. The molecular formula is C15H24N2O4. The molecule has 118 valence electrons. The number of amides is 2. The highest BCUT2D eigenvalue weighted by Gasteiger charge is 2.59. The van der Waals surface area contributed by atoms with E-state index in [-0.39, 0.29) is 22.8 Å². The van der Waals surface area contributed by atoms with Gasteiger partial charge in [0.05, 0.1) is 0 Å². The number of likely N-dealkylation sites (tertiary alicyclic amines) is 1. The van der Waals surface area contributed by atoms with Crippen molar-refractivity contribution in [1.29, 1.82) is 0 Å². The fraction of sp³-hybridized carbons (Fsp3) is 0.867. The van der Waals surface area contributed by atoms with Crippen molar-refractivity contribution in [2.45, 2.75) is 44.6 Å². The lowest BCUT2D eigenvalue weighted by atomic mass is 9.89. The number of piperidine rings is 1. The Morgan fingerprint density at radius 1 is 1.19 bits per heavy atom. The van der Waals surface area contributed by atoms with Gasteiger partial charge in [-0.3, -0.25) is 4.79 Å². The first-order chi connectivity index (χ1) is 9.94. The quantitative estimate of drug-likeness (QED) is 0.808. The summed E-state index contributed by atoms with van der Waals surface area (Å²) in [6, 6.07) is 0. The Morgan fingerprint density at radius 3 is 2.38 bits per heavy atom. The van der Waals surface area contributed by atoms with Gasteiger partial charge in [-0.05, 0) is 44.4 Å². The topological polar surface area (TPSA) is 78.9 Å².